The van der Waals surface area contributed by atoms with Crippen LogP contribution in [0.4, 0.5) is 5.69 Å². The Morgan fingerprint density at radius 1 is 1.15 bits per heavy atom. The normalized spacial score (nSPS) is 11.0. The number of carbonyl (C=O) groups excluding carboxylic acids is 1. The molecule has 0 saturated carbocycles. The number of carbonyl (C=O) groups is 1. The first-order valence-corrected chi connectivity index (χ1v) is 11.6. The molecule has 0 saturated heterocycles. The summed E-state index contributed by atoms with van der Waals surface area (Å²) in [6, 6.07) is 18.1. The molecule has 1 aromatic heterocycles. The van der Waals surface area contributed by atoms with Crippen LogP contribution in [0.5, 0.6) is 5.75 Å². The van der Waals surface area contributed by atoms with Crippen LogP contribution in [0.2, 0.25) is 5.02 Å². The van der Waals surface area contributed by atoms with E-state index in [0.29, 0.717) is 46.0 Å². The van der Waals surface area contributed by atoms with Gasteiger partial charge in [0.1, 0.15) is 11.3 Å². The first-order valence-electron chi connectivity index (χ1n) is 10.8. The van der Waals surface area contributed by atoms with Gasteiger partial charge in [0.15, 0.2) is 10.7 Å². The molecule has 34 heavy (non-hydrogen) atoms. The van der Waals surface area contributed by atoms with Gasteiger partial charge in [-0.2, -0.15) is 0 Å². The lowest BCUT2D eigenvalue weighted by atomic mass is 10.2. The summed E-state index contributed by atoms with van der Waals surface area (Å²) in [5, 5.41) is 6.22. The Morgan fingerprint density at radius 2 is 1.97 bits per heavy atom. The average Bonchev–Trinajstić information content (AvgIpc) is 3.22. The minimum Gasteiger partial charge on any atom is -0.493 e. The van der Waals surface area contributed by atoms with Gasteiger partial charge < -0.3 is 14.5 Å². The SMILES string of the molecule is Cc1ccc2nc(-c3ccc(Cl)c(NC(=S)NC(=O)c4cccc(OCC(C)C)c4)c3)oc2c1. The quantitative estimate of drug-likeness (QED) is 0.294. The van der Waals surface area contributed by atoms with E-state index in [1.807, 2.05) is 37.3 Å². The van der Waals surface area contributed by atoms with Crippen molar-refractivity contribution in [1.82, 2.24) is 10.3 Å². The number of oxazole rings is 1. The Kier molecular flexibility index (Phi) is 7.14. The van der Waals surface area contributed by atoms with Crippen LogP contribution < -0.4 is 15.4 Å². The molecule has 0 unspecified atom stereocenters. The third kappa shape index (κ3) is 5.73. The van der Waals surface area contributed by atoms with Gasteiger partial charge in [-0.25, -0.2) is 4.98 Å². The number of nitrogens with one attached hydrogen (secondary N) is 2. The molecule has 0 fully saturated rings. The number of thiocarbonyl (C=S) groups is 1. The van der Waals surface area contributed by atoms with Crippen LogP contribution in [-0.2, 0) is 0 Å². The molecule has 4 aromatic rings. The van der Waals surface area contributed by atoms with Crippen LogP contribution in [0.25, 0.3) is 22.6 Å². The number of anilines is 1. The predicted molar refractivity (Wildman–Crippen MR) is 140 cm³/mol. The second-order valence-corrected chi connectivity index (χ2v) is 9.14. The highest BCUT2D eigenvalue weighted by Gasteiger charge is 2.14. The van der Waals surface area contributed by atoms with Gasteiger partial charge in [-0.15, -0.1) is 0 Å². The summed E-state index contributed by atoms with van der Waals surface area (Å²) in [4.78, 5) is 17.2. The number of halogens is 1. The summed E-state index contributed by atoms with van der Waals surface area (Å²) in [6.07, 6.45) is 0. The number of benzene rings is 3. The van der Waals surface area contributed by atoms with Gasteiger partial charge in [0.05, 0.1) is 17.3 Å². The highest BCUT2D eigenvalue weighted by molar-refractivity contribution is 7.80. The maximum atomic E-state index is 12.7. The standard InChI is InChI=1S/C26H24ClN3O3S/c1-15(2)14-32-19-6-4-5-17(12-19)24(31)30-26(34)29-22-13-18(8-9-20(22)27)25-28-21-10-7-16(3)11-23(21)33-25/h4-13,15H,14H2,1-3H3,(H2,29,30,31,34). The summed E-state index contributed by atoms with van der Waals surface area (Å²) in [5.74, 6) is 1.13. The largest absolute Gasteiger partial charge is 0.493 e. The number of hydrogen-bond acceptors (Lipinski definition) is 5. The minimum absolute atomic E-state index is 0.116. The van der Waals surface area contributed by atoms with E-state index in [1.165, 1.54) is 0 Å². The fraction of sp³-hybridized carbons (Fsp3) is 0.192. The van der Waals surface area contributed by atoms with Crippen molar-refractivity contribution in [1.29, 1.82) is 0 Å². The van der Waals surface area contributed by atoms with E-state index in [-0.39, 0.29) is 11.0 Å². The lowest BCUT2D eigenvalue weighted by molar-refractivity contribution is 0.0977. The average molecular weight is 494 g/mol. The van der Waals surface area contributed by atoms with Crippen LogP contribution in [0, 0.1) is 12.8 Å². The Hall–Kier alpha value is -3.42. The van der Waals surface area contributed by atoms with Crippen molar-refractivity contribution in [2.75, 3.05) is 11.9 Å². The number of ether oxygens (including phenoxy) is 1. The van der Waals surface area contributed by atoms with Crippen molar-refractivity contribution < 1.29 is 13.9 Å². The van der Waals surface area contributed by atoms with Gasteiger partial charge in [-0.3, -0.25) is 10.1 Å². The molecule has 0 atom stereocenters. The van der Waals surface area contributed by atoms with Gasteiger partial charge in [0.25, 0.3) is 5.91 Å². The fourth-order valence-electron chi connectivity index (χ4n) is 3.23. The molecule has 6 nitrogen and oxygen atoms in total. The molecular formula is C26H24ClN3O3S. The summed E-state index contributed by atoms with van der Waals surface area (Å²) in [5.41, 5.74) is 4.26. The third-order valence-electron chi connectivity index (χ3n) is 4.91. The maximum Gasteiger partial charge on any atom is 0.257 e. The van der Waals surface area contributed by atoms with Gasteiger partial charge in [-0.1, -0.05) is 37.6 Å². The molecule has 174 valence electrons. The molecule has 1 amide bonds. The summed E-state index contributed by atoms with van der Waals surface area (Å²) < 4.78 is 11.6. The van der Waals surface area contributed by atoms with Gasteiger partial charge in [0.2, 0.25) is 5.89 Å². The van der Waals surface area contributed by atoms with Crippen molar-refractivity contribution in [2.24, 2.45) is 5.92 Å². The molecule has 0 bridgehead atoms. The molecule has 1 heterocycles. The number of rotatable bonds is 6. The lowest BCUT2D eigenvalue weighted by Gasteiger charge is -2.13. The van der Waals surface area contributed by atoms with Crippen LogP contribution >= 0.6 is 23.8 Å². The maximum absolute atomic E-state index is 12.7. The van der Waals surface area contributed by atoms with Crippen molar-refractivity contribution >= 4 is 51.6 Å². The number of hydrogen-bond donors (Lipinski definition) is 2. The highest BCUT2D eigenvalue weighted by atomic mass is 35.5. The number of amides is 1. The van der Waals surface area contributed by atoms with Crippen molar-refractivity contribution in [3.63, 3.8) is 0 Å². The zero-order valence-electron chi connectivity index (χ0n) is 19.0. The zero-order valence-corrected chi connectivity index (χ0v) is 20.6. The Labute approximate surface area is 208 Å². The van der Waals surface area contributed by atoms with Crippen LogP contribution in [0.1, 0.15) is 29.8 Å². The molecule has 8 heteroatoms. The van der Waals surface area contributed by atoms with Crippen LogP contribution in [-0.4, -0.2) is 22.6 Å². The van der Waals surface area contributed by atoms with Crippen LogP contribution in [0.15, 0.2) is 65.1 Å². The monoisotopic (exact) mass is 493 g/mol. The molecule has 2 N–H and O–H groups in total. The second-order valence-electron chi connectivity index (χ2n) is 8.33. The fourth-order valence-corrected chi connectivity index (χ4v) is 3.60. The molecule has 3 aromatic carbocycles. The summed E-state index contributed by atoms with van der Waals surface area (Å²) >= 11 is 11.7. The third-order valence-corrected chi connectivity index (χ3v) is 5.45. The topological polar surface area (TPSA) is 76.4 Å². The molecule has 0 aliphatic carbocycles. The molecule has 0 aliphatic heterocycles. The van der Waals surface area contributed by atoms with Gasteiger partial charge in [-0.05, 0) is 79.2 Å². The van der Waals surface area contributed by atoms with Crippen molar-refractivity contribution in [3.8, 4) is 17.2 Å². The summed E-state index contributed by atoms with van der Waals surface area (Å²) in [6.45, 7) is 6.69. The predicted octanol–water partition coefficient (Wildman–Crippen LogP) is 6.62. The smallest absolute Gasteiger partial charge is 0.257 e. The highest BCUT2D eigenvalue weighted by Crippen LogP contribution is 2.30. The van der Waals surface area contributed by atoms with E-state index < -0.39 is 0 Å². The Morgan fingerprint density at radius 3 is 2.76 bits per heavy atom. The number of nitrogens with zero attached hydrogens (tertiary/aromatic N) is 1. The summed E-state index contributed by atoms with van der Waals surface area (Å²) in [7, 11) is 0. The van der Waals surface area contributed by atoms with E-state index in [9.17, 15) is 4.79 Å². The zero-order chi connectivity index (χ0) is 24.2. The molecule has 4 rings (SSSR count). The Bertz CT molecular complexity index is 1370. The van der Waals surface area contributed by atoms with E-state index in [2.05, 4.69) is 29.5 Å². The van der Waals surface area contributed by atoms with E-state index in [1.54, 1.807) is 30.3 Å². The van der Waals surface area contributed by atoms with E-state index in [0.717, 1.165) is 16.6 Å². The van der Waals surface area contributed by atoms with E-state index in [4.69, 9.17) is 33.0 Å². The number of fused-ring (bicyclic) bond motifs is 1. The number of aromatic nitrogens is 1. The second kappa shape index (κ2) is 10.2. The molecule has 0 aliphatic rings. The molecule has 0 spiro atoms. The van der Waals surface area contributed by atoms with Crippen molar-refractivity contribution in [2.45, 2.75) is 20.8 Å². The van der Waals surface area contributed by atoms with Crippen LogP contribution in [0.3, 0.4) is 0 Å². The minimum atomic E-state index is -0.353. The van der Waals surface area contributed by atoms with Gasteiger partial charge >= 0.3 is 0 Å². The van der Waals surface area contributed by atoms with Gasteiger partial charge in [0, 0.05) is 11.1 Å². The first-order chi connectivity index (χ1) is 16.3. The lowest BCUT2D eigenvalue weighted by Crippen LogP contribution is -2.34. The number of aryl methyl sites for hydroxylation is 1. The Balaban J connectivity index is 1.46. The first kappa shape index (κ1) is 23.7. The van der Waals surface area contributed by atoms with E-state index >= 15 is 0 Å². The van der Waals surface area contributed by atoms with Crippen molar-refractivity contribution in [3.05, 3.63) is 76.8 Å². The molecular weight excluding hydrogens is 470 g/mol. The molecule has 0 radical (unpaired) electrons.